The first kappa shape index (κ1) is 18.4. The van der Waals surface area contributed by atoms with Crippen molar-refractivity contribution in [3.8, 4) is 0 Å². The Morgan fingerprint density at radius 2 is 2.07 bits per heavy atom. The molecule has 1 amide bonds. The third-order valence-electron chi connectivity index (χ3n) is 5.37. The van der Waals surface area contributed by atoms with Crippen LogP contribution in [-0.2, 0) is 0 Å². The second-order valence-electron chi connectivity index (χ2n) is 7.90. The van der Waals surface area contributed by atoms with Gasteiger partial charge in [0.2, 0.25) is 0 Å². The summed E-state index contributed by atoms with van der Waals surface area (Å²) in [6.45, 7) is 4.56. The number of amides is 1. The summed E-state index contributed by atoms with van der Waals surface area (Å²) in [6, 6.07) is 7.02. The van der Waals surface area contributed by atoms with E-state index >= 15 is 0 Å². The summed E-state index contributed by atoms with van der Waals surface area (Å²) >= 11 is 0. The van der Waals surface area contributed by atoms with Gasteiger partial charge in [-0.25, -0.2) is 4.98 Å². The van der Waals surface area contributed by atoms with Gasteiger partial charge >= 0.3 is 0 Å². The highest BCUT2D eigenvalue weighted by atomic mass is 16.1. The Morgan fingerprint density at radius 1 is 1.32 bits per heavy atom. The zero-order valence-electron chi connectivity index (χ0n) is 16.2. The van der Waals surface area contributed by atoms with E-state index in [9.17, 15) is 9.59 Å². The van der Waals surface area contributed by atoms with Crippen molar-refractivity contribution in [3.63, 3.8) is 0 Å². The van der Waals surface area contributed by atoms with E-state index in [1.165, 1.54) is 10.5 Å². The lowest BCUT2D eigenvalue weighted by Crippen LogP contribution is -2.37. The molecule has 7 nitrogen and oxygen atoms in total. The van der Waals surface area contributed by atoms with Crippen molar-refractivity contribution in [1.29, 1.82) is 5.41 Å². The molecular formula is C21H25N5O2. The topological polar surface area (TPSA) is 92.2 Å². The summed E-state index contributed by atoms with van der Waals surface area (Å²) in [7, 11) is 0. The average Bonchev–Trinajstić information content (AvgIpc) is 3.20. The number of fused-ring (bicyclic) bond motifs is 2. The molecule has 3 heterocycles. The highest BCUT2D eigenvalue weighted by molar-refractivity contribution is 5.96. The minimum Gasteiger partial charge on any atom is -0.352 e. The molecule has 0 bridgehead atoms. The number of aromatic nitrogens is 3. The second-order valence-corrected chi connectivity index (χ2v) is 7.90. The first-order valence-corrected chi connectivity index (χ1v) is 9.87. The van der Waals surface area contributed by atoms with Crippen molar-refractivity contribution in [2.45, 2.75) is 45.6 Å². The Bertz CT molecular complexity index is 1170. The minimum absolute atomic E-state index is 0.0888. The first-order chi connectivity index (χ1) is 13.5. The lowest BCUT2D eigenvalue weighted by Gasteiger charge is -2.19. The van der Waals surface area contributed by atoms with E-state index in [2.05, 4.69) is 5.32 Å². The molecule has 1 aliphatic carbocycles. The molecule has 146 valence electrons. The summed E-state index contributed by atoms with van der Waals surface area (Å²) in [5.74, 6) is -0.0123. The number of nitrogens with one attached hydrogen (secondary N) is 2. The van der Waals surface area contributed by atoms with Crippen LogP contribution < -0.4 is 16.4 Å². The fraction of sp³-hybridized carbons (Fsp3) is 0.429. The van der Waals surface area contributed by atoms with Crippen molar-refractivity contribution in [3.05, 3.63) is 51.9 Å². The quantitative estimate of drug-likeness (QED) is 0.683. The van der Waals surface area contributed by atoms with Gasteiger partial charge in [-0.3, -0.25) is 19.4 Å². The van der Waals surface area contributed by atoms with Crippen LogP contribution in [0.1, 0.15) is 55.9 Å². The van der Waals surface area contributed by atoms with Gasteiger partial charge in [0, 0.05) is 18.8 Å². The molecule has 0 aromatic carbocycles. The van der Waals surface area contributed by atoms with Gasteiger partial charge in [0.1, 0.15) is 16.8 Å². The highest BCUT2D eigenvalue weighted by Crippen LogP contribution is 2.30. The molecule has 3 aromatic heterocycles. The summed E-state index contributed by atoms with van der Waals surface area (Å²) in [5.41, 5.74) is 1.18. The van der Waals surface area contributed by atoms with Crippen LogP contribution in [0.5, 0.6) is 0 Å². The van der Waals surface area contributed by atoms with Crippen molar-refractivity contribution in [2.24, 2.45) is 5.92 Å². The fourth-order valence-corrected chi connectivity index (χ4v) is 3.93. The number of rotatable bonds is 4. The number of pyridine rings is 2. The van der Waals surface area contributed by atoms with Gasteiger partial charge in [-0.05, 0) is 37.0 Å². The standard InChI is InChI=1S/C21H25N5O2/c1-13(2)12-23-20(27)15-11-16-19(26(18(15)22)14-7-3-4-8-14)24-17-9-5-6-10-25(17)21(16)28/h5-6,9-11,13-14,22H,3-4,7-8,12H2,1-2H3,(H,23,27). The van der Waals surface area contributed by atoms with Gasteiger partial charge in [-0.1, -0.05) is 32.8 Å². The summed E-state index contributed by atoms with van der Waals surface area (Å²) in [4.78, 5) is 30.6. The van der Waals surface area contributed by atoms with E-state index in [1.54, 1.807) is 22.9 Å². The monoisotopic (exact) mass is 379 g/mol. The van der Waals surface area contributed by atoms with E-state index in [4.69, 9.17) is 10.4 Å². The van der Waals surface area contributed by atoms with Crippen LogP contribution in [0.25, 0.3) is 16.7 Å². The SMILES string of the molecule is CC(C)CNC(=O)c1cc2c(=O)n3ccccc3nc2n(C2CCCC2)c1=N. The number of hydrogen-bond acceptors (Lipinski definition) is 4. The second kappa shape index (κ2) is 7.22. The Kier molecular flexibility index (Phi) is 4.75. The van der Waals surface area contributed by atoms with Crippen LogP contribution in [0.4, 0.5) is 0 Å². The van der Waals surface area contributed by atoms with Gasteiger partial charge < -0.3 is 9.88 Å². The Balaban J connectivity index is 2.01. The van der Waals surface area contributed by atoms with E-state index in [1.807, 2.05) is 19.9 Å². The zero-order chi connectivity index (χ0) is 19.8. The van der Waals surface area contributed by atoms with Crippen LogP contribution in [0, 0.1) is 11.3 Å². The van der Waals surface area contributed by atoms with Gasteiger partial charge in [-0.15, -0.1) is 0 Å². The summed E-state index contributed by atoms with van der Waals surface area (Å²) in [6.07, 6.45) is 5.69. The Hall–Kier alpha value is -2.96. The maximum absolute atomic E-state index is 13.1. The maximum Gasteiger partial charge on any atom is 0.267 e. The normalized spacial score (nSPS) is 15.0. The highest BCUT2D eigenvalue weighted by Gasteiger charge is 2.24. The van der Waals surface area contributed by atoms with Gasteiger partial charge in [0.05, 0.1) is 10.9 Å². The lowest BCUT2D eigenvalue weighted by atomic mass is 10.1. The molecular weight excluding hydrogens is 354 g/mol. The third kappa shape index (κ3) is 3.10. The number of carbonyl (C=O) groups excluding carboxylic acids is 1. The van der Waals surface area contributed by atoms with Gasteiger partial charge in [0.15, 0.2) is 0 Å². The van der Waals surface area contributed by atoms with Gasteiger partial charge in [0.25, 0.3) is 11.5 Å². The molecule has 0 unspecified atom stereocenters. The van der Waals surface area contributed by atoms with Crippen LogP contribution in [-0.4, -0.2) is 26.4 Å². The van der Waals surface area contributed by atoms with Crippen molar-refractivity contribution in [2.75, 3.05) is 6.54 Å². The predicted molar refractivity (Wildman–Crippen MR) is 107 cm³/mol. The molecule has 1 aliphatic rings. The van der Waals surface area contributed by atoms with Crippen molar-refractivity contribution < 1.29 is 4.79 Å². The largest absolute Gasteiger partial charge is 0.352 e. The Morgan fingerprint density at radius 3 is 2.79 bits per heavy atom. The summed E-state index contributed by atoms with van der Waals surface area (Å²) in [5, 5.41) is 12.0. The van der Waals surface area contributed by atoms with E-state index < -0.39 is 0 Å². The molecule has 3 aromatic rings. The number of hydrogen-bond donors (Lipinski definition) is 2. The smallest absolute Gasteiger partial charge is 0.267 e. The van der Waals surface area contributed by atoms with Crippen molar-refractivity contribution >= 4 is 22.6 Å². The zero-order valence-corrected chi connectivity index (χ0v) is 16.2. The molecule has 0 atom stereocenters. The third-order valence-corrected chi connectivity index (χ3v) is 5.37. The molecule has 0 spiro atoms. The predicted octanol–water partition coefficient (Wildman–Crippen LogP) is 2.63. The van der Waals surface area contributed by atoms with Crippen molar-refractivity contribution in [1.82, 2.24) is 19.3 Å². The molecule has 28 heavy (non-hydrogen) atoms. The van der Waals surface area contributed by atoms with Crippen LogP contribution >= 0.6 is 0 Å². The van der Waals surface area contributed by atoms with E-state index in [0.717, 1.165) is 25.7 Å². The average molecular weight is 379 g/mol. The molecule has 2 N–H and O–H groups in total. The van der Waals surface area contributed by atoms with Crippen LogP contribution in [0.3, 0.4) is 0 Å². The number of nitrogens with zero attached hydrogens (tertiary/aromatic N) is 3. The lowest BCUT2D eigenvalue weighted by molar-refractivity contribution is 0.0946. The molecule has 0 radical (unpaired) electrons. The van der Waals surface area contributed by atoms with Crippen LogP contribution in [0.15, 0.2) is 35.3 Å². The molecule has 1 saturated carbocycles. The van der Waals surface area contributed by atoms with E-state index in [0.29, 0.717) is 29.1 Å². The molecule has 4 rings (SSSR count). The fourth-order valence-electron chi connectivity index (χ4n) is 3.93. The number of carbonyl (C=O) groups is 1. The maximum atomic E-state index is 13.1. The van der Waals surface area contributed by atoms with E-state index in [-0.39, 0.29) is 28.6 Å². The molecule has 7 heteroatoms. The summed E-state index contributed by atoms with van der Waals surface area (Å²) < 4.78 is 3.29. The molecule has 0 saturated heterocycles. The van der Waals surface area contributed by atoms with Gasteiger partial charge in [-0.2, -0.15) is 0 Å². The minimum atomic E-state index is -0.315. The molecule has 0 aliphatic heterocycles. The Labute approximate surface area is 162 Å². The first-order valence-electron chi connectivity index (χ1n) is 9.87. The molecule has 1 fully saturated rings. The van der Waals surface area contributed by atoms with Crippen LogP contribution in [0.2, 0.25) is 0 Å².